The lowest BCUT2D eigenvalue weighted by Crippen LogP contribution is -2.36. The third-order valence-electron chi connectivity index (χ3n) is 6.22. The van der Waals surface area contributed by atoms with Gasteiger partial charge in [0, 0.05) is 49.7 Å². The molecule has 37 heavy (non-hydrogen) atoms. The fourth-order valence-electron chi connectivity index (χ4n) is 4.38. The number of hydrogen-bond acceptors (Lipinski definition) is 11. The molecule has 13 heteroatoms. The van der Waals surface area contributed by atoms with E-state index in [1.807, 2.05) is 22.8 Å². The molecule has 2 saturated heterocycles. The van der Waals surface area contributed by atoms with E-state index in [0.717, 1.165) is 11.3 Å². The zero-order valence-corrected chi connectivity index (χ0v) is 21.2. The lowest BCUT2D eigenvalue weighted by molar-refractivity contribution is 0.102. The van der Waals surface area contributed by atoms with Crippen LogP contribution >= 0.6 is 13.5 Å². The van der Waals surface area contributed by atoms with Crippen LogP contribution in [0.25, 0.3) is 22.7 Å². The first-order valence-corrected chi connectivity index (χ1v) is 11.8. The third kappa shape index (κ3) is 5.10. The van der Waals surface area contributed by atoms with Crippen molar-refractivity contribution in [2.75, 3.05) is 54.5 Å². The van der Waals surface area contributed by atoms with Gasteiger partial charge in [-0.2, -0.15) is 18.5 Å². The number of aromatic nitrogens is 4. The molecule has 2 aliphatic rings. The molecule has 2 N–H and O–H groups in total. The molecular formula is C24H27N7O5S. The fraction of sp³-hybridized carbons (Fsp3) is 0.375. The summed E-state index contributed by atoms with van der Waals surface area (Å²) in [6.45, 7) is 5.43. The number of fused-ring (bicyclic) bond motifs is 1. The number of hydrogen-bond donors (Lipinski definition) is 2. The predicted molar refractivity (Wildman–Crippen MR) is 140 cm³/mol. The van der Waals surface area contributed by atoms with Crippen LogP contribution in [-0.4, -0.2) is 76.4 Å². The number of pyridine rings is 2. The Morgan fingerprint density at radius 3 is 2.73 bits per heavy atom. The molecule has 0 saturated carbocycles. The molecule has 4 aromatic rings. The second-order valence-electron chi connectivity index (χ2n) is 8.84. The van der Waals surface area contributed by atoms with Crippen molar-refractivity contribution in [1.29, 1.82) is 0 Å². The van der Waals surface area contributed by atoms with Gasteiger partial charge in [-0.25, -0.2) is 9.97 Å². The van der Waals surface area contributed by atoms with Gasteiger partial charge in [-0.05, 0) is 25.5 Å². The van der Waals surface area contributed by atoms with Crippen LogP contribution in [-0.2, 0) is 4.74 Å². The lowest BCUT2D eigenvalue weighted by Gasteiger charge is -2.24. The van der Waals surface area contributed by atoms with E-state index in [9.17, 15) is 9.90 Å². The molecule has 2 fully saturated rings. The summed E-state index contributed by atoms with van der Waals surface area (Å²) in [7, 11) is 0. The maximum Gasteiger partial charge on any atom is 0.300 e. The van der Waals surface area contributed by atoms with E-state index in [4.69, 9.17) is 18.6 Å². The molecule has 1 atom stereocenters. The largest absolute Gasteiger partial charge is 0.444 e. The number of aryl methyl sites for hydroxylation is 1. The van der Waals surface area contributed by atoms with Crippen LogP contribution in [0.3, 0.4) is 0 Å². The molecule has 2 aliphatic heterocycles. The molecule has 0 radical (unpaired) electrons. The summed E-state index contributed by atoms with van der Waals surface area (Å²) >= 11 is 0. The van der Waals surface area contributed by atoms with Gasteiger partial charge >= 0.3 is 0 Å². The summed E-state index contributed by atoms with van der Waals surface area (Å²) in [4.78, 5) is 34.9. The first-order valence-electron chi connectivity index (χ1n) is 11.8. The zero-order valence-electron chi connectivity index (χ0n) is 20.2. The Hall–Kier alpha value is -3.68. The van der Waals surface area contributed by atoms with E-state index < -0.39 is 12.0 Å². The normalized spacial score (nSPS) is 17.7. The summed E-state index contributed by atoms with van der Waals surface area (Å²) in [5.74, 6) is 0.390. The summed E-state index contributed by atoms with van der Waals surface area (Å²) in [6.07, 6.45) is 3.13. The maximum atomic E-state index is 13.1. The SMILES string of the molecule is Cc1cc(-c2nc(C(=O)Nc3cc4oc(N5CCOCC5)nc4nc3N3CC[C@H](O)C3)co2)ccn1.S. The zero-order chi connectivity index (χ0) is 24.6. The minimum Gasteiger partial charge on any atom is -0.444 e. The molecule has 0 aromatic carbocycles. The van der Waals surface area contributed by atoms with Crippen molar-refractivity contribution < 1.29 is 23.5 Å². The average Bonchev–Trinajstić information content (AvgIpc) is 3.63. The van der Waals surface area contributed by atoms with Gasteiger partial charge in [-0.1, -0.05) is 0 Å². The van der Waals surface area contributed by atoms with Gasteiger partial charge in [0.05, 0.1) is 25.0 Å². The van der Waals surface area contributed by atoms with E-state index in [2.05, 4.69) is 20.3 Å². The Balaban J connectivity index is 0.00000280. The number of rotatable bonds is 5. The Kier molecular flexibility index (Phi) is 7.00. The highest BCUT2D eigenvalue weighted by Crippen LogP contribution is 2.33. The number of carbonyl (C=O) groups is 1. The Morgan fingerprint density at radius 1 is 1.14 bits per heavy atom. The quantitative estimate of drug-likeness (QED) is 0.396. The van der Waals surface area contributed by atoms with Crippen molar-refractivity contribution in [3.8, 4) is 11.5 Å². The topological polar surface area (TPSA) is 143 Å². The molecule has 6 rings (SSSR count). The van der Waals surface area contributed by atoms with Crippen LogP contribution in [0.1, 0.15) is 22.6 Å². The molecule has 0 bridgehead atoms. The van der Waals surface area contributed by atoms with Crippen LogP contribution in [0.5, 0.6) is 0 Å². The number of β-amino-alcohol motifs (C(OH)–C–C–N with tert-alkyl or cyclic N) is 1. The summed E-state index contributed by atoms with van der Waals surface area (Å²) in [5.41, 5.74) is 2.99. The number of anilines is 3. The molecule has 0 spiro atoms. The van der Waals surface area contributed by atoms with Crippen molar-refractivity contribution in [1.82, 2.24) is 19.9 Å². The second kappa shape index (κ2) is 10.4. The van der Waals surface area contributed by atoms with E-state index in [-0.39, 0.29) is 19.2 Å². The van der Waals surface area contributed by atoms with E-state index >= 15 is 0 Å². The smallest absolute Gasteiger partial charge is 0.300 e. The Bertz CT molecular complexity index is 1420. The molecular weight excluding hydrogens is 498 g/mol. The standard InChI is InChI=1S/C24H25N7O5.H2S/c1-14-10-15(2-4-25-14)23-27-18(13-35-23)22(33)26-17-11-19-20(28-21(17)31-5-3-16(32)12-31)29-24(36-19)30-6-8-34-9-7-30;/h2,4,10-11,13,16,32H,3,5-9,12H2,1H3,(H,26,33);1H2/t16-;/m0./s1. The number of carbonyl (C=O) groups excluding carboxylic acids is 1. The van der Waals surface area contributed by atoms with E-state index in [0.29, 0.717) is 80.5 Å². The molecule has 4 aromatic heterocycles. The monoisotopic (exact) mass is 525 g/mol. The first-order chi connectivity index (χ1) is 17.5. The van der Waals surface area contributed by atoms with Crippen LogP contribution in [0.15, 0.2) is 39.5 Å². The van der Waals surface area contributed by atoms with E-state index in [1.165, 1.54) is 6.26 Å². The summed E-state index contributed by atoms with van der Waals surface area (Å²) in [6, 6.07) is 5.78. The van der Waals surface area contributed by atoms with Crippen LogP contribution < -0.4 is 15.1 Å². The molecule has 1 amide bonds. The number of oxazole rings is 2. The minimum absolute atomic E-state index is 0. The number of aliphatic hydroxyl groups excluding tert-OH is 1. The molecule has 0 aliphatic carbocycles. The molecule has 194 valence electrons. The number of ether oxygens (including phenoxy) is 1. The van der Waals surface area contributed by atoms with Gasteiger partial charge in [0.15, 0.2) is 17.1 Å². The van der Waals surface area contributed by atoms with Gasteiger partial charge in [0.25, 0.3) is 11.9 Å². The number of amides is 1. The van der Waals surface area contributed by atoms with Crippen molar-refractivity contribution >= 4 is 48.2 Å². The van der Waals surface area contributed by atoms with Crippen LogP contribution in [0.4, 0.5) is 17.5 Å². The third-order valence-corrected chi connectivity index (χ3v) is 6.22. The maximum absolute atomic E-state index is 13.1. The first kappa shape index (κ1) is 25.0. The summed E-state index contributed by atoms with van der Waals surface area (Å²) in [5, 5.41) is 13.0. The van der Waals surface area contributed by atoms with Gasteiger partial charge in [-0.15, -0.1) is 0 Å². The van der Waals surface area contributed by atoms with Crippen molar-refractivity contribution in [3.05, 3.63) is 42.0 Å². The highest BCUT2D eigenvalue weighted by Gasteiger charge is 2.27. The van der Waals surface area contributed by atoms with Gasteiger partial charge in [0.1, 0.15) is 6.26 Å². The molecule has 0 unspecified atom stereocenters. The predicted octanol–water partition coefficient (Wildman–Crippen LogP) is 2.35. The van der Waals surface area contributed by atoms with Crippen LogP contribution in [0.2, 0.25) is 0 Å². The molecule has 12 nitrogen and oxygen atoms in total. The Labute approximate surface area is 219 Å². The highest BCUT2D eigenvalue weighted by atomic mass is 32.1. The van der Waals surface area contributed by atoms with Crippen molar-refractivity contribution in [2.24, 2.45) is 0 Å². The number of nitrogens with one attached hydrogen (secondary N) is 1. The van der Waals surface area contributed by atoms with Crippen molar-refractivity contribution in [2.45, 2.75) is 19.4 Å². The number of morpholine rings is 1. The van der Waals surface area contributed by atoms with Crippen LogP contribution in [0, 0.1) is 6.92 Å². The Morgan fingerprint density at radius 2 is 1.97 bits per heavy atom. The highest BCUT2D eigenvalue weighted by molar-refractivity contribution is 7.59. The van der Waals surface area contributed by atoms with Gasteiger partial charge in [-0.3, -0.25) is 9.78 Å². The van der Waals surface area contributed by atoms with Gasteiger partial charge in [0.2, 0.25) is 11.5 Å². The summed E-state index contributed by atoms with van der Waals surface area (Å²) < 4.78 is 16.9. The van der Waals surface area contributed by atoms with E-state index in [1.54, 1.807) is 18.3 Å². The van der Waals surface area contributed by atoms with Gasteiger partial charge < -0.3 is 33.8 Å². The van der Waals surface area contributed by atoms with Crippen molar-refractivity contribution in [3.63, 3.8) is 0 Å². The molecule has 6 heterocycles. The fourth-order valence-corrected chi connectivity index (χ4v) is 4.38. The lowest BCUT2D eigenvalue weighted by atomic mass is 10.2. The minimum atomic E-state index is -0.464. The average molecular weight is 526 g/mol. The number of aliphatic hydroxyl groups is 1. The second-order valence-corrected chi connectivity index (χ2v) is 8.84. The number of nitrogens with zero attached hydrogens (tertiary/aromatic N) is 6.